The van der Waals surface area contributed by atoms with Gasteiger partial charge in [0.1, 0.15) is 0 Å². The van der Waals surface area contributed by atoms with Gasteiger partial charge in [-0.3, -0.25) is 0 Å². The second kappa shape index (κ2) is 17.4. The van der Waals surface area contributed by atoms with Crippen LogP contribution in [0.2, 0.25) is 0 Å². The van der Waals surface area contributed by atoms with Gasteiger partial charge in [0.25, 0.3) is 0 Å². The highest BCUT2D eigenvalue weighted by Crippen LogP contribution is 2.46. The lowest BCUT2D eigenvalue weighted by Crippen LogP contribution is -2.25. The van der Waals surface area contributed by atoms with Gasteiger partial charge in [0.05, 0.1) is 0 Å². The molecule has 0 bridgehead atoms. The van der Waals surface area contributed by atoms with Crippen LogP contribution >= 0.6 is 0 Å². The number of rotatable bonds is 17. The smallest absolute Gasteiger partial charge is 0.0241 e. The van der Waals surface area contributed by atoms with Crippen LogP contribution in [0, 0.1) is 29.6 Å². The van der Waals surface area contributed by atoms with Crippen molar-refractivity contribution in [3.8, 4) is 0 Å². The van der Waals surface area contributed by atoms with Crippen LogP contribution in [-0.2, 0) is 0 Å². The summed E-state index contributed by atoms with van der Waals surface area (Å²) in [4.78, 5) is 0. The van der Waals surface area contributed by atoms with Gasteiger partial charge >= 0.3 is 0 Å². The zero-order valence-corrected chi connectivity index (χ0v) is 22.9. The third-order valence-electron chi connectivity index (χ3n) is 10.0. The molecule has 1 radical (unpaired) electrons. The molecule has 3 aliphatic carbocycles. The van der Waals surface area contributed by atoms with E-state index in [2.05, 4.69) is 6.92 Å². The minimum atomic E-state index is 1.09. The topological polar surface area (TPSA) is 0 Å². The van der Waals surface area contributed by atoms with Crippen molar-refractivity contribution in [2.45, 2.75) is 180 Å². The van der Waals surface area contributed by atoms with E-state index >= 15 is 0 Å². The Morgan fingerprint density at radius 3 is 1.94 bits per heavy atom. The molecule has 0 aromatic heterocycles. The van der Waals surface area contributed by atoms with Crippen LogP contribution in [0.15, 0.2) is 0 Å². The zero-order valence-electron chi connectivity index (χ0n) is 22.9. The Morgan fingerprint density at radius 1 is 0.606 bits per heavy atom. The SMILES string of the molecule is CCCCCCCCCCCCC1CCC(C(CCC[C]2CCCCC2)C2CCCCC2)C1. The Bertz CT molecular complexity index is 441. The molecular weight excluding hydrogens is 396 g/mol. The molecule has 0 spiro atoms. The third-order valence-corrected chi connectivity index (χ3v) is 10.0. The summed E-state index contributed by atoms with van der Waals surface area (Å²) in [5.74, 6) is 6.30. The van der Waals surface area contributed by atoms with Crippen molar-refractivity contribution in [3.63, 3.8) is 0 Å². The molecule has 0 aromatic carbocycles. The minimum absolute atomic E-state index is 1.09. The van der Waals surface area contributed by atoms with Gasteiger partial charge in [0.15, 0.2) is 0 Å². The maximum atomic E-state index is 2.32. The van der Waals surface area contributed by atoms with E-state index in [9.17, 15) is 0 Å². The Kier molecular flexibility index (Phi) is 14.6. The Morgan fingerprint density at radius 2 is 1.24 bits per heavy atom. The van der Waals surface area contributed by atoms with E-state index in [1.807, 2.05) is 5.92 Å². The van der Waals surface area contributed by atoms with Crippen molar-refractivity contribution in [2.75, 3.05) is 0 Å². The summed E-state index contributed by atoms with van der Waals surface area (Å²) >= 11 is 0. The molecule has 0 N–H and O–H groups in total. The molecule has 0 heterocycles. The summed E-state index contributed by atoms with van der Waals surface area (Å²) in [6.07, 6.45) is 40.9. The van der Waals surface area contributed by atoms with E-state index < -0.39 is 0 Å². The highest BCUT2D eigenvalue weighted by molar-refractivity contribution is 4.93. The van der Waals surface area contributed by atoms with Gasteiger partial charge in [0, 0.05) is 0 Å². The Hall–Kier alpha value is 0. The monoisotopic (exact) mass is 457 g/mol. The standard InChI is InChI=1S/C33H61/c1-2-3-4-5-6-7-8-9-10-13-21-30-26-27-32(28-30)33(31-23-16-12-17-24-31)25-18-22-29-19-14-11-15-20-29/h30-33H,2-28H2,1H3. The first-order valence-electron chi connectivity index (χ1n) is 16.2. The lowest BCUT2D eigenvalue weighted by Gasteiger charge is -2.35. The first-order chi connectivity index (χ1) is 16.4. The van der Waals surface area contributed by atoms with Gasteiger partial charge in [-0.2, -0.15) is 0 Å². The summed E-state index contributed by atoms with van der Waals surface area (Å²) in [6, 6.07) is 0. The van der Waals surface area contributed by atoms with Crippen molar-refractivity contribution in [2.24, 2.45) is 23.7 Å². The van der Waals surface area contributed by atoms with Crippen molar-refractivity contribution >= 4 is 0 Å². The van der Waals surface area contributed by atoms with E-state index in [1.54, 1.807) is 44.9 Å². The number of hydrogen-bond donors (Lipinski definition) is 0. The fourth-order valence-electron chi connectivity index (χ4n) is 7.99. The number of hydrogen-bond acceptors (Lipinski definition) is 0. The normalized spacial score (nSPS) is 26.1. The van der Waals surface area contributed by atoms with Gasteiger partial charge in [-0.1, -0.05) is 142 Å². The molecule has 0 heteroatoms. The summed E-state index contributed by atoms with van der Waals surface area (Å²) in [7, 11) is 0. The molecule has 33 heavy (non-hydrogen) atoms. The van der Waals surface area contributed by atoms with Gasteiger partial charge < -0.3 is 0 Å². The molecule has 3 unspecified atom stereocenters. The van der Waals surface area contributed by atoms with E-state index in [1.165, 1.54) is 128 Å². The Labute approximate surface area is 209 Å². The molecule has 3 saturated carbocycles. The van der Waals surface area contributed by atoms with Crippen LogP contribution in [0.5, 0.6) is 0 Å². The van der Waals surface area contributed by atoms with Gasteiger partial charge in [-0.15, -0.1) is 0 Å². The summed E-state index contributed by atoms with van der Waals surface area (Å²) < 4.78 is 0. The van der Waals surface area contributed by atoms with Crippen molar-refractivity contribution < 1.29 is 0 Å². The predicted octanol–water partition coefficient (Wildman–Crippen LogP) is 11.6. The van der Waals surface area contributed by atoms with E-state index in [0.29, 0.717) is 0 Å². The van der Waals surface area contributed by atoms with E-state index in [0.717, 1.165) is 23.7 Å². The van der Waals surface area contributed by atoms with Crippen molar-refractivity contribution in [3.05, 3.63) is 5.92 Å². The molecule has 3 aliphatic rings. The summed E-state index contributed by atoms with van der Waals surface area (Å²) in [5, 5.41) is 0. The molecule has 3 fully saturated rings. The molecule has 0 nitrogen and oxygen atoms in total. The molecule has 193 valence electrons. The molecular formula is C33H61. The molecule has 0 aromatic rings. The molecule has 3 rings (SSSR count). The van der Waals surface area contributed by atoms with Crippen LogP contribution in [0.4, 0.5) is 0 Å². The molecule has 0 amide bonds. The first-order valence-corrected chi connectivity index (χ1v) is 16.2. The summed E-state index contributed by atoms with van der Waals surface area (Å²) in [6.45, 7) is 2.32. The summed E-state index contributed by atoms with van der Waals surface area (Å²) in [5.41, 5.74) is 0. The van der Waals surface area contributed by atoms with Gasteiger partial charge in [0.2, 0.25) is 0 Å². The van der Waals surface area contributed by atoms with E-state index in [-0.39, 0.29) is 0 Å². The first kappa shape index (κ1) is 27.6. The quantitative estimate of drug-likeness (QED) is 0.190. The fourth-order valence-corrected chi connectivity index (χ4v) is 7.99. The fraction of sp³-hybridized carbons (Fsp3) is 0.970. The van der Waals surface area contributed by atoms with Gasteiger partial charge in [-0.25, -0.2) is 0 Å². The van der Waals surface area contributed by atoms with Crippen LogP contribution in [0.25, 0.3) is 0 Å². The Balaban J connectivity index is 1.29. The lowest BCUT2D eigenvalue weighted by molar-refractivity contribution is 0.160. The molecule has 0 saturated heterocycles. The van der Waals surface area contributed by atoms with Crippen molar-refractivity contribution in [1.82, 2.24) is 0 Å². The largest absolute Gasteiger partial charge is 0.0654 e. The van der Waals surface area contributed by atoms with Crippen LogP contribution < -0.4 is 0 Å². The second-order valence-electron chi connectivity index (χ2n) is 12.7. The highest BCUT2D eigenvalue weighted by Gasteiger charge is 2.35. The maximum absolute atomic E-state index is 2.32. The second-order valence-corrected chi connectivity index (χ2v) is 12.7. The molecule has 3 atom stereocenters. The maximum Gasteiger partial charge on any atom is -0.0241 e. The number of unbranched alkanes of at least 4 members (excludes halogenated alkanes) is 9. The minimum Gasteiger partial charge on any atom is -0.0654 e. The lowest BCUT2D eigenvalue weighted by atomic mass is 9.70. The van der Waals surface area contributed by atoms with Crippen LogP contribution in [0.3, 0.4) is 0 Å². The van der Waals surface area contributed by atoms with E-state index in [4.69, 9.17) is 0 Å². The average molecular weight is 458 g/mol. The average Bonchev–Trinajstić information content (AvgIpc) is 3.33. The van der Waals surface area contributed by atoms with Gasteiger partial charge in [-0.05, 0) is 68.1 Å². The highest BCUT2D eigenvalue weighted by atomic mass is 14.4. The zero-order chi connectivity index (χ0) is 23.0. The molecule has 0 aliphatic heterocycles. The third kappa shape index (κ3) is 11.1. The predicted molar refractivity (Wildman–Crippen MR) is 148 cm³/mol. The van der Waals surface area contributed by atoms with Crippen molar-refractivity contribution in [1.29, 1.82) is 0 Å². The van der Waals surface area contributed by atoms with Crippen LogP contribution in [-0.4, -0.2) is 0 Å². The van der Waals surface area contributed by atoms with Crippen LogP contribution in [0.1, 0.15) is 180 Å².